The normalized spacial score (nSPS) is 11.4. The van der Waals surface area contributed by atoms with Crippen LogP contribution in [0.1, 0.15) is 5.82 Å². The zero-order chi connectivity index (χ0) is 11.4. The SMILES string of the molecule is FC(F)COCCc1nc2ccccc2[nH]1. The molecular weight excluding hydrogens is 214 g/mol. The standard InChI is InChI=1S/C11H12F2N2O/c12-10(13)7-16-6-5-11-14-8-3-1-2-4-9(8)15-11/h1-4,10H,5-7H2,(H,14,15). The predicted octanol–water partition coefficient (Wildman–Crippen LogP) is 2.39. The van der Waals surface area contributed by atoms with Crippen molar-refractivity contribution in [3.8, 4) is 0 Å². The highest BCUT2D eigenvalue weighted by atomic mass is 19.3. The number of fused-ring (bicyclic) bond motifs is 1. The van der Waals surface area contributed by atoms with E-state index in [2.05, 4.69) is 9.97 Å². The fraction of sp³-hybridized carbons (Fsp3) is 0.364. The summed E-state index contributed by atoms with van der Waals surface area (Å²) in [4.78, 5) is 7.41. The molecule has 0 fully saturated rings. The van der Waals surface area contributed by atoms with Crippen LogP contribution in [0.5, 0.6) is 0 Å². The van der Waals surface area contributed by atoms with Gasteiger partial charge in [-0.3, -0.25) is 0 Å². The molecule has 1 aromatic heterocycles. The first-order valence-corrected chi connectivity index (χ1v) is 5.05. The van der Waals surface area contributed by atoms with Gasteiger partial charge in [-0.25, -0.2) is 13.8 Å². The van der Waals surface area contributed by atoms with E-state index in [0.717, 1.165) is 16.9 Å². The van der Waals surface area contributed by atoms with E-state index in [9.17, 15) is 8.78 Å². The summed E-state index contributed by atoms with van der Waals surface area (Å²) in [5, 5.41) is 0. The van der Waals surface area contributed by atoms with Crippen molar-refractivity contribution in [2.24, 2.45) is 0 Å². The molecule has 0 unspecified atom stereocenters. The molecule has 0 bridgehead atoms. The smallest absolute Gasteiger partial charge is 0.261 e. The lowest BCUT2D eigenvalue weighted by Gasteiger charge is -2.00. The largest absolute Gasteiger partial charge is 0.375 e. The van der Waals surface area contributed by atoms with E-state index in [-0.39, 0.29) is 6.61 Å². The summed E-state index contributed by atoms with van der Waals surface area (Å²) in [6.45, 7) is -0.260. The summed E-state index contributed by atoms with van der Waals surface area (Å²) in [6, 6.07) is 7.64. The number of alkyl halides is 2. The van der Waals surface area contributed by atoms with Gasteiger partial charge < -0.3 is 9.72 Å². The maximum atomic E-state index is 11.8. The molecule has 1 aromatic carbocycles. The van der Waals surface area contributed by atoms with E-state index in [1.807, 2.05) is 24.3 Å². The van der Waals surface area contributed by atoms with Crippen molar-refractivity contribution in [2.75, 3.05) is 13.2 Å². The van der Waals surface area contributed by atoms with Crippen molar-refractivity contribution in [1.82, 2.24) is 9.97 Å². The molecule has 3 nitrogen and oxygen atoms in total. The summed E-state index contributed by atoms with van der Waals surface area (Å²) in [7, 11) is 0. The average Bonchev–Trinajstić information content (AvgIpc) is 2.66. The maximum Gasteiger partial charge on any atom is 0.261 e. The lowest BCUT2D eigenvalue weighted by Crippen LogP contribution is -2.07. The molecule has 0 saturated heterocycles. The summed E-state index contributed by atoms with van der Waals surface area (Å²) >= 11 is 0. The number of nitrogens with zero attached hydrogens (tertiary/aromatic N) is 1. The van der Waals surface area contributed by atoms with E-state index in [0.29, 0.717) is 6.42 Å². The second-order valence-electron chi connectivity index (χ2n) is 3.42. The summed E-state index contributed by atoms with van der Waals surface area (Å²) in [6.07, 6.45) is -1.89. The Balaban J connectivity index is 1.89. The highest BCUT2D eigenvalue weighted by molar-refractivity contribution is 5.74. The number of para-hydroxylation sites is 2. The quantitative estimate of drug-likeness (QED) is 0.795. The van der Waals surface area contributed by atoms with Gasteiger partial charge in [-0.2, -0.15) is 0 Å². The van der Waals surface area contributed by atoms with E-state index >= 15 is 0 Å². The molecule has 0 aliphatic rings. The average molecular weight is 226 g/mol. The van der Waals surface area contributed by atoms with Gasteiger partial charge >= 0.3 is 0 Å². The molecule has 2 rings (SSSR count). The molecule has 0 aliphatic carbocycles. The third-order valence-corrected chi connectivity index (χ3v) is 2.17. The van der Waals surface area contributed by atoms with Gasteiger partial charge in [0.2, 0.25) is 0 Å². The third-order valence-electron chi connectivity index (χ3n) is 2.17. The lowest BCUT2D eigenvalue weighted by molar-refractivity contribution is 0.0183. The monoisotopic (exact) mass is 226 g/mol. The van der Waals surface area contributed by atoms with Gasteiger partial charge in [0.15, 0.2) is 0 Å². The number of aromatic nitrogens is 2. The summed E-state index contributed by atoms with van der Waals surface area (Å²) in [5.74, 6) is 0.760. The molecular formula is C11H12F2N2O. The number of hydrogen-bond donors (Lipinski definition) is 1. The van der Waals surface area contributed by atoms with Gasteiger partial charge in [0.25, 0.3) is 6.43 Å². The minimum absolute atomic E-state index is 0.254. The number of benzene rings is 1. The first kappa shape index (κ1) is 11.0. The Hall–Kier alpha value is -1.49. The minimum Gasteiger partial charge on any atom is -0.375 e. The Morgan fingerprint density at radius 3 is 2.88 bits per heavy atom. The second kappa shape index (κ2) is 5.03. The number of H-pyrrole nitrogens is 1. The Morgan fingerprint density at radius 2 is 2.12 bits per heavy atom. The Labute approximate surface area is 91.4 Å². The fourth-order valence-electron chi connectivity index (χ4n) is 1.47. The van der Waals surface area contributed by atoms with Crippen molar-refractivity contribution in [3.63, 3.8) is 0 Å². The number of imidazole rings is 1. The molecule has 16 heavy (non-hydrogen) atoms. The molecule has 1 heterocycles. The molecule has 1 N–H and O–H groups in total. The summed E-state index contributed by atoms with van der Waals surface area (Å²) < 4.78 is 28.3. The van der Waals surface area contributed by atoms with Crippen LogP contribution in [0, 0.1) is 0 Å². The Morgan fingerprint density at radius 1 is 1.31 bits per heavy atom. The van der Waals surface area contributed by atoms with Crippen LogP contribution >= 0.6 is 0 Å². The van der Waals surface area contributed by atoms with Crippen molar-refractivity contribution >= 4 is 11.0 Å². The first-order chi connectivity index (χ1) is 7.75. The molecule has 0 radical (unpaired) electrons. The molecule has 2 aromatic rings. The van der Waals surface area contributed by atoms with Gasteiger partial charge in [0.1, 0.15) is 12.4 Å². The molecule has 0 atom stereocenters. The van der Waals surface area contributed by atoms with Gasteiger partial charge in [0, 0.05) is 6.42 Å². The zero-order valence-corrected chi connectivity index (χ0v) is 8.62. The Kier molecular flexibility index (Phi) is 3.46. The van der Waals surface area contributed by atoms with Crippen LogP contribution in [-0.4, -0.2) is 29.6 Å². The van der Waals surface area contributed by atoms with E-state index in [4.69, 9.17) is 4.74 Å². The minimum atomic E-state index is -2.41. The van der Waals surface area contributed by atoms with E-state index < -0.39 is 13.0 Å². The third kappa shape index (κ3) is 2.76. The molecule has 0 spiro atoms. The van der Waals surface area contributed by atoms with Gasteiger partial charge in [0.05, 0.1) is 17.6 Å². The maximum absolute atomic E-state index is 11.8. The zero-order valence-electron chi connectivity index (χ0n) is 8.62. The van der Waals surface area contributed by atoms with E-state index in [1.165, 1.54) is 0 Å². The number of aromatic amines is 1. The van der Waals surface area contributed by atoms with Crippen LogP contribution in [0.15, 0.2) is 24.3 Å². The van der Waals surface area contributed by atoms with Crippen molar-refractivity contribution in [2.45, 2.75) is 12.8 Å². The first-order valence-electron chi connectivity index (χ1n) is 5.05. The highest BCUT2D eigenvalue weighted by Crippen LogP contribution is 2.10. The lowest BCUT2D eigenvalue weighted by atomic mass is 10.3. The number of ether oxygens (including phenoxy) is 1. The molecule has 0 aliphatic heterocycles. The molecule has 86 valence electrons. The predicted molar refractivity (Wildman–Crippen MR) is 56.6 cm³/mol. The topological polar surface area (TPSA) is 37.9 Å². The number of nitrogens with one attached hydrogen (secondary N) is 1. The van der Waals surface area contributed by atoms with Crippen molar-refractivity contribution < 1.29 is 13.5 Å². The van der Waals surface area contributed by atoms with Crippen LogP contribution in [0.2, 0.25) is 0 Å². The molecule has 5 heteroatoms. The number of rotatable bonds is 5. The highest BCUT2D eigenvalue weighted by Gasteiger charge is 2.04. The van der Waals surface area contributed by atoms with Crippen LogP contribution in [0.4, 0.5) is 8.78 Å². The van der Waals surface area contributed by atoms with Crippen LogP contribution < -0.4 is 0 Å². The van der Waals surface area contributed by atoms with Crippen LogP contribution in [-0.2, 0) is 11.2 Å². The fourth-order valence-corrected chi connectivity index (χ4v) is 1.47. The van der Waals surface area contributed by atoms with Gasteiger partial charge in [-0.05, 0) is 12.1 Å². The molecule has 0 saturated carbocycles. The Bertz CT molecular complexity index is 423. The molecule has 0 amide bonds. The van der Waals surface area contributed by atoms with Crippen molar-refractivity contribution in [3.05, 3.63) is 30.1 Å². The van der Waals surface area contributed by atoms with Gasteiger partial charge in [-0.15, -0.1) is 0 Å². The van der Waals surface area contributed by atoms with E-state index in [1.54, 1.807) is 0 Å². The summed E-state index contributed by atoms with van der Waals surface area (Å²) in [5.41, 5.74) is 1.83. The van der Waals surface area contributed by atoms with Gasteiger partial charge in [-0.1, -0.05) is 12.1 Å². The number of halogens is 2. The van der Waals surface area contributed by atoms with Crippen molar-refractivity contribution in [1.29, 1.82) is 0 Å². The van der Waals surface area contributed by atoms with Crippen LogP contribution in [0.3, 0.4) is 0 Å². The number of hydrogen-bond acceptors (Lipinski definition) is 2. The second-order valence-corrected chi connectivity index (χ2v) is 3.42. The van der Waals surface area contributed by atoms with Crippen LogP contribution in [0.25, 0.3) is 11.0 Å².